The number of carbonyl (C=O) groups is 2. The van der Waals surface area contributed by atoms with Crippen molar-refractivity contribution in [1.29, 1.82) is 0 Å². The molecule has 0 amide bonds. The molecule has 0 saturated carbocycles. The third-order valence-electron chi connectivity index (χ3n) is 9.07. The second-order valence-corrected chi connectivity index (χ2v) is 12.8. The Morgan fingerprint density at radius 2 is 1.02 bits per heavy atom. The van der Waals surface area contributed by atoms with E-state index in [2.05, 4.69) is 15.1 Å². The van der Waals surface area contributed by atoms with Gasteiger partial charge in [0.25, 0.3) is 0 Å². The van der Waals surface area contributed by atoms with Gasteiger partial charge >= 0.3 is 5.97 Å². The molecule has 0 saturated heterocycles. The summed E-state index contributed by atoms with van der Waals surface area (Å²) in [5.41, 5.74) is 12.1. The molecule has 0 spiro atoms. The van der Waals surface area contributed by atoms with Gasteiger partial charge in [0.05, 0.1) is 34.0 Å². The Kier molecular flexibility index (Phi) is 11.4. The van der Waals surface area contributed by atoms with E-state index in [9.17, 15) is 19.8 Å². The lowest BCUT2D eigenvalue weighted by atomic mass is 9.99. The molecule has 0 aliphatic carbocycles. The van der Waals surface area contributed by atoms with Crippen molar-refractivity contribution < 1.29 is 19.8 Å². The number of aryl methyl sites for hydroxylation is 4. The largest absolute Gasteiger partial charge is 0.479 e. The predicted octanol–water partition coefficient (Wildman–Crippen LogP) is 9.32. The van der Waals surface area contributed by atoms with E-state index in [-0.39, 0.29) is 5.56 Å². The molecular formula is C45H42N6O4. The number of aldehydes is 1. The van der Waals surface area contributed by atoms with Gasteiger partial charge in [0.2, 0.25) is 0 Å². The number of benzene rings is 4. The maximum Gasteiger partial charge on any atom is 0.337 e. The van der Waals surface area contributed by atoms with Gasteiger partial charge in [-0.05, 0) is 27.7 Å². The van der Waals surface area contributed by atoms with Crippen LogP contribution < -0.4 is 0 Å². The number of aromatic nitrogens is 6. The van der Waals surface area contributed by atoms with Gasteiger partial charge in [0, 0.05) is 45.6 Å². The number of aliphatic carboxylic acids is 1. The van der Waals surface area contributed by atoms with Crippen molar-refractivity contribution in [2.45, 2.75) is 47.6 Å². The van der Waals surface area contributed by atoms with Crippen LogP contribution >= 0.6 is 0 Å². The molecule has 0 bridgehead atoms. The third kappa shape index (κ3) is 7.81. The summed E-state index contributed by atoms with van der Waals surface area (Å²) >= 11 is 0. The quantitative estimate of drug-likeness (QED) is 0.155. The summed E-state index contributed by atoms with van der Waals surface area (Å²) in [4.78, 5) is 32.3. The zero-order valence-corrected chi connectivity index (χ0v) is 31.6. The smallest absolute Gasteiger partial charge is 0.337 e. The highest BCUT2D eigenvalue weighted by Crippen LogP contribution is 2.33. The minimum absolute atomic E-state index is 0.242. The van der Waals surface area contributed by atoms with Crippen LogP contribution in [0.15, 0.2) is 121 Å². The Balaban J connectivity index is 0.000000180. The van der Waals surface area contributed by atoms with Gasteiger partial charge in [-0.15, -0.1) is 0 Å². The number of carboxylic acids is 1. The SMILES string of the molecule is CC.Cc1ccc(-c2c(C(O)C(=O)O)c(C)nc3cc(-c4ccccc4)nn23)cc1.Cc1ccc(-c2c(C=O)c(C)nc3cc(-c4ccccc4)nn23)cc1. The topological polar surface area (TPSA) is 135 Å². The average Bonchev–Trinajstić information content (AvgIpc) is 3.83. The summed E-state index contributed by atoms with van der Waals surface area (Å²) in [6.07, 6.45) is -0.835. The number of nitrogens with zero attached hydrogens (tertiary/aromatic N) is 6. The lowest BCUT2D eigenvalue weighted by molar-refractivity contribution is -0.147. The molecule has 10 heteroatoms. The van der Waals surface area contributed by atoms with Gasteiger partial charge in [0.15, 0.2) is 23.7 Å². The monoisotopic (exact) mass is 730 g/mol. The van der Waals surface area contributed by atoms with Crippen molar-refractivity contribution in [2.75, 3.05) is 0 Å². The maximum absolute atomic E-state index is 11.7. The molecule has 4 heterocycles. The van der Waals surface area contributed by atoms with Crippen LogP contribution in [0.1, 0.15) is 58.4 Å². The lowest BCUT2D eigenvalue weighted by Gasteiger charge is -2.16. The van der Waals surface area contributed by atoms with Gasteiger partial charge < -0.3 is 10.2 Å². The predicted molar refractivity (Wildman–Crippen MR) is 216 cm³/mol. The molecule has 276 valence electrons. The normalized spacial score (nSPS) is 11.3. The highest BCUT2D eigenvalue weighted by Gasteiger charge is 2.27. The molecule has 8 rings (SSSR count). The summed E-state index contributed by atoms with van der Waals surface area (Å²) in [6.45, 7) is 11.6. The summed E-state index contributed by atoms with van der Waals surface area (Å²) in [5, 5.41) is 29.2. The average molecular weight is 731 g/mol. The minimum atomic E-state index is -1.70. The van der Waals surface area contributed by atoms with E-state index in [0.717, 1.165) is 56.8 Å². The number of hydrogen-bond donors (Lipinski definition) is 2. The fourth-order valence-electron chi connectivity index (χ4n) is 6.34. The summed E-state index contributed by atoms with van der Waals surface area (Å²) < 4.78 is 3.38. The first kappa shape index (κ1) is 38.0. The van der Waals surface area contributed by atoms with Crippen molar-refractivity contribution in [2.24, 2.45) is 0 Å². The minimum Gasteiger partial charge on any atom is -0.479 e. The van der Waals surface area contributed by atoms with E-state index in [1.165, 1.54) is 5.56 Å². The first-order chi connectivity index (χ1) is 26.6. The van der Waals surface area contributed by atoms with E-state index in [1.54, 1.807) is 16.0 Å². The summed E-state index contributed by atoms with van der Waals surface area (Å²) in [6, 6.07) is 39.2. The van der Waals surface area contributed by atoms with E-state index in [0.29, 0.717) is 28.3 Å². The van der Waals surface area contributed by atoms with Crippen LogP contribution in [0.3, 0.4) is 0 Å². The second-order valence-electron chi connectivity index (χ2n) is 12.8. The molecule has 2 N–H and O–H groups in total. The first-order valence-electron chi connectivity index (χ1n) is 18.0. The second kappa shape index (κ2) is 16.5. The first-order valence-corrected chi connectivity index (χ1v) is 18.0. The fourth-order valence-corrected chi connectivity index (χ4v) is 6.34. The number of fused-ring (bicyclic) bond motifs is 2. The molecule has 1 atom stereocenters. The Hall–Kier alpha value is -6.78. The van der Waals surface area contributed by atoms with Crippen molar-refractivity contribution in [3.05, 3.63) is 155 Å². The molecule has 0 aliphatic rings. The Morgan fingerprint density at radius 1 is 0.600 bits per heavy atom. The van der Waals surface area contributed by atoms with E-state index in [1.807, 2.05) is 156 Å². The van der Waals surface area contributed by atoms with Gasteiger partial charge in [0.1, 0.15) is 0 Å². The molecular weight excluding hydrogens is 689 g/mol. The van der Waals surface area contributed by atoms with Crippen LogP contribution in [0.4, 0.5) is 0 Å². The van der Waals surface area contributed by atoms with Crippen molar-refractivity contribution in [1.82, 2.24) is 29.2 Å². The number of carbonyl (C=O) groups excluding carboxylic acids is 1. The number of aliphatic hydroxyl groups is 1. The molecule has 4 aromatic carbocycles. The summed E-state index contributed by atoms with van der Waals surface area (Å²) in [7, 11) is 0. The third-order valence-corrected chi connectivity index (χ3v) is 9.07. The molecule has 10 nitrogen and oxygen atoms in total. The van der Waals surface area contributed by atoms with Crippen LogP contribution in [-0.4, -0.2) is 51.7 Å². The maximum atomic E-state index is 11.7. The standard InChI is InChI=1S/C22H19N3O3.C21H17N3O.C2H6/c1-13-8-10-16(11-9-13)20-19(21(26)22(27)28)14(2)23-18-12-17(24-25(18)20)15-6-4-3-5-7-15;1-14-8-10-17(11-9-14)21-18(13-25)15(2)22-20-12-19(23-24(20)21)16-6-4-3-5-7-16;1-2/h3-12,21,26H,1-2H3,(H,27,28);3-13H,1-2H3;1-2H3. The van der Waals surface area contributed by atoms with E-state index >= 15 is 0 Å². The summed E-state index contributed by atoms with van der Waals surface area (Å²) in [5.74, 6) is -1.33. The molecule has 1 unspecified atom stereocenters. The van der Waals surface area contributed by atoms with Crippen LogP contribution in [0.2, 0.25) is 0 Å². The number of aliphatic hydroxyl groups excluding tert-OH is 1. The molecule has 4 aromatic heterocycles. The highest BCUT2D eigenvalue weighted by molar-refractivity contribution is 5.88. The zero-order chi connectivity index (χ0) is 39.2. The molecule has 0 aliphatic heterocycles. The number of hydrogen-bond acceptors (Lipinski definition) is 7. The van der Waals surface area contributed by atoms with Crippen LogP contribution in [0.5, 0.6) is 0 Å². The molecule has 55 heavy (non-hydrogen) atoms. The van der Waals surface area contributed by atoms with Crippen LogP contribution in [-0.2, 0) is 4.79 Å². The van der Waals surface area contributed by atoms with Crippen LogP contribution in [0, 0.1) is 27.7 Å². The Bertz CT molecular complexity index is 2600. The van der Waals surface area contributed by atoms with Crippen LogP contribution in [0.25, 0.3) is 56.3 Å². The van der Waals surface area contributed by atoms with E-state index in [4.69, 9.17) is 5.10 Å². The zero-order valence-electron chi connectivity index (χ0n) is 31.6. The van der Waals surface area contributed by atoms with Crippen molar-refractivity contribution in [3.63, 3.8) is 0 Å². The van der Waals surface area contributed by atoms with Gasteiger partial charge in [-0.25, -0.2) is 23.8 Å². The van der Waals surface area contributed by atoms with Crippen molar-refractivity contribution >= 4 is 23.5 Å². The van der Waals surface area contributed by atoms with E-state index < -0.39 is 12.1 Å². The Labute approximate surface area is 319 Å². The number of rotatable bonds is 7. The molecule has 0 fully saturated rings. The fraction of sp³-hybridized carbons (Fsp3) is 0.156. The lowest BCUT2D eigenvalue weighted by Crippen LogP contribution is -2.16. The highest BCUT2D eigenvalue weighted by atomic mass is 16.4. The number of carboxylic acid groups (broad SMARTS) is 1. The van der Waals surface area contributed by atoms with Gasteiger partial charge in [-0.1, -0.05) is 134 Å². The Morgan fingerprint density at radius 3 is 1.45 bits per heavy atom. The van der Waals surface area contributed by atoms with Crippen molar-refractivity contribution in [3.8, 4) is 45.0 Å². The van der Waals surface area contributed by atoms with Gasteiger partial charge in [-0.2, -0.15) is 10.2 Å². The molecule has 8 aromatic rings. The van der Waals surface area contributed by atoms with Gasteiger partial charge in [-0.3, -0.25) is 4.79 Å². The molecule has 0 radical (unpaired) electrons.